The fraction of sp³-hybridized carbons (Fsp3) is 0.304. The number of hydrogen-bond acceptors (Lipinski definition) is 7. The highest BCUT2D eigenvalue weighted by Crippen LogP contribution is 2.27. The van der Waals surface area contributed by atoms with E-state index in [1.165, 1.54) is 4.57 Å². The molecule has 0 saturated carbocycles. The minimum atomic E-state index is -0.486. The first kappa shape index (κ1) is 21.7. The van der Waals surface area contributed by atoms with Gasteiger partial charge in [-0.1, -0.05) is 12.1 Å². The molecule has 32 heavy (non-hydrogen) atoms. The molecule has 3 heterocycles. The highest BCUT2D eigenvalue weighted by atomic mass is 16.5. The third-order valence-electron chi connectivity index (χ3n) is 5.57. The molecule has 0 aliphatic carbocycles. The molecule has 3 aromatic rings. The van der Waals surface area contributed by atoms with E-state index in [4.69, 9.17) is 10.5 Å². The van der Waals surface area contributed by atoms with E-state index in [0.717, 1.165) is 48.7 Å². The Balaban J connectivity index is 1.58. The predicted molar refractivity (Wildman–Crippen MR) is 122 cm³/mol. The lowest BCUT2D eigenvalue weighted by atomic mass is 9.97. The number of carbonyl (C=O) groups excluding carboxylic acids is 1. The van der Waals surface area contributed by atoms with Gasteiger partial charge in [-0.3, -0.25) is 14.5 Å². The summed E-state index contributed by atoms with van der Waals surface area (Å²) in [6.45, 7) is 5.76. The number of morpholine rings is 1. The smallest absolute Gasteiger partial charge is 0.274 e. The van der Waals surface area contributed by atoms with Crippen molar-refractivity contribution < 1.29 is 9.53 Å². The van der Waals surface area contributed by atoms with Crippen LogP contribution >= 0.6 is 0 Å². The van der Waals surface area contributed by atoms with Crippen molar-refractivity contribution in [3.05, 3.63) is 69.8 Å². The summed E-state index contributed by atoms with van der Waals surface area (Å²) in [5.74, 6) is -0.00690. The number of nitrogens with two attached hydrogens (primary N) is 1. The third kappa shape index (κ3) is 4.68. The van der Waals surface area contributed by atoms with Gasteiger partial charge in [0.05, 0.1) is 18.9 Å². The number of aromatic nitrogens is 3. The van der Waals surface area contributed by atoms with Gasteiger partial charge in [0.15, 0.2) is 5.82 Å². The Morgan fingerprint density at radius 1 is 1.19 bits per heavy atom. The van der Waals surface area contributed by atoms with Crippen LogP contribution in [0.15, 0.2) is 47.4 Å². The lowest BCUT2D eigenvalue weighted by Crippen LogP contribution is -2.35. The molecule has 166 valence electrons. The maximum atomic E-state index is 12.7. The first-order valence-electron chi connectivity index (χ1n) is 10.4. The molecule has 1 fully saturated rings. The monoisotopic (exact) mass is 434 g/mol. The number of benzene rings is 1. The van der Waals surface area contributed by atoms with Crippen molar-refractivity contribution in [2.45, 2.75) is 13.5 Å². The summed E-state index contributed by atoms with van der Waals surface area (Å²) < 4.78 is 6.86. The Morgan fingerprint density at radius 3 is 2.66 bits per heavy atom. The van der Waals surface area contributed by atoms with Gasteiger partial charge in [-0.2, -0.15) is 5.10 Å². The topological polar surface area (TPSA) is 115 Å². The van der Waals surface area contributed by atoms with Gasteiger partial charge in [-0.25, -0.2) is 0 Å². The van der Waals surface area contributed by atoms with Crippen LogP contribution in [0.25, 0.3) is 11.1 Å². The van der Waals surface area contributed by atoms with Gasteiger partial charge in [-0.15, -0.1) is 5.10 Å². The average molecular weight is 435 g/mol. The second-order valence-corrected chi connectivity index (χ2v) is 7.82. The van der Waals surface area contributed by atoms with Crippen LogP contribution < -0.4 is 16.6 Å². The standard InChI is InChI=1S/C23H26N6O3/c1-15-18(4-3-5-19(15)22(24)30)16-12-20(23(31)28(2)13-16)25-21-7-6-17(26-27-21)14-29-8-10-32-11-9-29/h3-7,12-13H,8-11,14H2,1-2H3,(H2,24,30)(H,25,27). The first-order valence-corrected chi connectivity index (χ1v) is 10.4. The minimum absolute atomic E-state index is 0.198. The third-order valence-corrected chi connectivity index (χ3v) is 5.57. The molecule has 1 amide bonds. The lowest BCUT2D eigenvalue weighted by molar-refractivity contribution is 0.0335. The first-order chi connectivity index (χ1) is 15.4. The van der Waals surface area contributed by atoms with Crippen molar-refractivity contribution in [3.63, 3.8) is 0 Å². The number of amides is 1. The van der Waals surface area contributed by atoms with Crippen LogP contribution in [0.5, 0.6) is 0 Å². The number of rotatable bonds is 6. The quantitative estimate of drug-likeness (QED) is 0.608. The summed E-state index contributed by atoms with van der Waals surface area (Å²) >= 11 is 0. The Hall–Kier alpha value is -3.56. The number of nitrogens with one attached hydrogen (secondary N) is 1. The van der Waals surface area contributed by atoms with Crippen LogP contribution in [0.3, 0.4) is 0 Å². The van der Waals surface area contributed by atoms with Crippen LogP contribution in [0, 0.1) is 6.92 Å². The maximum absolute atomic E-state index is 12.7. The number of nitrogens with zero attached hydrogens (tertiary/aromatic N) is 4. The summed E-state index contributed by atoms with van der Waals surface area (Å²) in [6, 6.07) is 10.8. The molecule has 1 aliphatic rings. The van der Waals surface area contributed by atoms with Crippen LogP contribution in [0.1, 0.15) is 21.6 Å². The number of aryl methyl sites for hydroxylation is 1. The molecule has 3 N–H and O–H groups in total. The van der Waals surface area contributed by atoms with E-state index in [2.05, 4.69) is 20.4 Å². The van der Waals surface area contributed by atoms with Gasteiger partial charge in [0.25, 0.3) is 5.56 Å². The molecule has 0 atom stereocenters. The summed E-state index contributed by atoms with van der Waals surface area (Å²) in [6.07, 6.45) is 1.73. The molecular formula is C23H26N6O3. The zero-order valence-electron chi connectivity index (χ0n) is 18.2. The highest BCUT2D eigenvalue weighted by molar-refractivity contribution is 5.96. The Bertz CT molecular complexity index is 1180. The van der Waals surface area contributed by atoms with Gasteiger partial charge >= 0.3 is 0 Å². The molecule has 1 aliphatic heterocycles. The molecule has 1 saturated heterocycles. The van der Waals surface area contributed by atoms with E-state index in [0.29, 0.717) is 23.6 Å². The minimum Gasteiger partial charge on any atom is -0.379 e. The molecule has 2 aromatic heterocycles. The van der Waals surface area contributed by atoms with Crippen LogP contribution in [-0.2, 0) is 18.3 Å². The number of hydrogen-bond donors (Lipinski definition) is 2. The lowest BCUT2D eigenvalue weighted by Gasteiger charge is -2.25. The number of pyridine rings is 1. The second-order valence-electron chi connectivity index (χ2n) is 7.82. The van der Waals surface area contributed by atoms with E-state index in [1.54, 1.807) is 31.4 Å². The summed E-state index contributed by atoms with van der Waals surface area (Å²) in [4.78, 5) is 26.7. The van der Waals surface area contributed by atoms with Gasteiger partial charge < -0.3 is 20.4 Å². The van der Waals surface area contributed by atoms with E-state index < -0.39 is 5.91 Å². The van der Waals surface area contributed by atoms with E-state index in [1.807, 2.05) is 25.1 Å². The molecule has 0 bridgehead atoms. The van der Waals surface area contributed by atoms with Crippen molar-refractivity contribution in [1.82, 2.24) is 19.7 Å². The van der Waals surface area contributed by atoms with Crippen molar-refractivity contribution in [3.8, 4) is 11.1 Å². The normalized spacial score (nSPS) is 14.3. The molecule has 9 nitrogen and oxygen atoms in total. The van der Waals surface area contributed by atoms with Gasteiger partial charge in [0, 0.05) is 44.0 Å². The van der Waals surface area contributed by atoms with E-state index >= 15 is 0 Å². The summed E-state index contributed by atoms with van der Waals surface area (Å²) in [7, 11) is 1.68. The molecule has 0 spiro atoms. The fourth-order valence-electron chi connectivity index (χ4n) is 3.80. The number of carbonyl (C=O) groups is 1. The second kappa shape index (κ2) is 9.29. The number of anilines is 2. The highest BCUT2D eigenvalue weighted by Gasteiger charge is 2.14. The average Bonchev–Trinajstić information content (AvgIpc) is 2.79. The maximum Gasteiger partial charge on any atom is 0.274 e. The van der Waals surface area contributed by atoms with Crippen molar-refractivity contribution in [2.24, 2.45) is 12.8 Å². The summed E-state index contributed by atoms with van der Waals surface area (Å²) in [5, 5.41) is 11.6. The molecule has 0 unspecified atom stereocenters. The molecular weight excluding hydrogens is 408 g/mol. The van der Waals surface area contributed by atoms with Gasteiger partial charge in [-0.05, 0) is 42.3 Å². The largest absolute Gasteiger partial charge is 0.379 e. The number of primary amides is 1. The SMILES string of the molecule is Cc1c(C(N)=O)cccc1-c1cc(Nc2ccc(CN3CCOCC3)nn2)c(=O)n(C)c1. The van der Waals surface area contributed by atoms with Crippen LogP contribution in [0.4, 0.5) is 11.5 Å². The molecule has 1 aromatic carbocycles. The van der Waals surface area contributed by atoms with Crippen LogP contribution in [0.2, 0.25) is 0 Å². The zero-order chi connectivity index (χ0) is 22.7. The number of ether oxygens (including phenoxy) is 1. The van der Waals surface area contributed by atoms with Gasteiger partial charge in [0.1, 0.15) is 5.69 Å². The molecule has 9 heteroatoms. The van der Waals surface area contributed by atoms with Crippen LogP contribution in [-0.4, -0.2) is 51.9 Å². The van der Waals surface area contributed by atoms with E-state index in [9.17, 15) is 9.59 Å². The fourth-order valence-corrected chi connectivity index (χ4v) is 3.80. The Kier molecular flexibility index (Phi) is 6.29. The Morgan fingerprint density at radius 2 is 1.97 bits per heavy atom. The van der Waals surface area contributed by atoms with E-state index in [-0.39, 0.29) is 5.56 Å². The van der Waals surface area contributed by atoms with Crippen molar-refractivity contribution in [2.75, 3.05) is 31.6 Å². The van der Waals surface area contributed by atoms with Crippen molar-refractivity contribution >= 4 is 17.4 Å². The molecule has 0 radical (unpaired) electrons. The van der Waals surface area contributed by atoms with Crippen molar-refractivity contribution in [1.29, 1.82) is 0 Å². The Labute approximate surface area is 185 Å². The molecule has 4 rings (SSSR count). The summed E-state index contributed by atoms with van der Waals surface area (Å²) in [5.41, 5.74) is 9.34. The van der Waals surface area contributed by atoms with Gasteiger partial charge in [0.2, 0.25) is 5.91 Å². The zero-order valence-corrected chi connectivity index (χ0v) is 18.2. The predicted octanol–water partition coefficient (Wildman–Crippen LogP) is 1.83.